The Hall–Kier alpha value is -3.03. The number of nitrogens with zero attached hydrogens (tertiary/aromatic N) is 5. The van der Waals surface area contributed by atoms with Crippen LogP contribution in [-0.4, -0.2) is 79.3 Å². The Kier molecular flexibility index (Phi) is 8.74. The quantitative estimate of drug-likeness (QED) is 0.389. The molecule has 2 aromatic rings. The van der Waals surface area contributed by atoms with Gasteiger partial charge in [0.1, 0.15) is 11.5 Å². The van der Waals surface area contributed by atoms with Crippen LogP contribution >= 0.6 is 11.3 Å². The molecule has 0 aliphatic carbocycles. The number of piperidine rings is 1. The number of morpholine rings is 1. The SMILES string of the molecule is CC1CCN(c2cnc(C(=O)N[SH]3NC(c4ccc(N5CCOCC5)c(C(F)(F)F)c4)=C3CN3CCCC3C)cn2)CC1. The molecule has 4 aliphatic rings. The van der Waals surface area contributed by atoms with E-state index in [-0.39, 0.29) is 17.3 Å². The Balaban J connectivity index is 1.23. The molecule has 5 heterocycles. The fraction of sp³-hybridized carbons (Fsp3) is 0.567. The largest absolute Gasteiger partial charge is 0.418 e. The number of amides is 1. The zero-order chi connectivity index (χ0) is 30.1. The number of carbonyl (C=O) groups excluding carboxylic acids is 1. The third-order valence-electron chi connectivity index (χ3n) is 8.96. The molecular weight excluding hydrogens is 579 g/mol. The van der Waals surface area contributed by atoms with Crippen molar-refractivity contribution in [2.24, 2.45) is 5.92 Å². The zero-order valence-electron chi connectivity index (χ0n) is 24.7. The molecule has 1 amide bonds. The minimum absolute atomic E-state index is 0.172. The predicted molar refractivity (Wildman–Crippen MR) is 164 cm³/mol. The van der Waals surface area contributed by atoms with E-state index in [0.717, 1.165) is 56.0 Å². The van der Waals surface area contributed by atoms with E-state index in [1.165, 1.54) is 12.3 Å². The third-order valence-corrected chi connectivity index (χ3v) is 10.7. The maximum absolute atomic E-state index is 14.3. The summed E-state index contributed by atoms with van der Waals surface area (Å²) < 4.78 is 54.5. The molecule has 2 N–H and O–H groups in total. The summed E-state index contributed by atoms with van der Waals surface area (Å²) >= 11 is -1.30. The normalized spacial score (nSPS) is 24.6. The van der Waals surface area contributed by atoms with E-state index in [0.29, 0.717) is 56.1 Å². The number of thiol groups is 1. The van der Waals surface area contributed by atoms with Crippen LogP contribution in [0.25, 0.3) is 5.70 Å². The zero-order valence-corrected chi connectivity index (χ0v) is 25.6. The summed E-state index contributed by atoms with van der Waals surface area (Å²) in [5, 5.41) is 0. The average molecular weight is 620 g/mol. The number of halogens is 3. The standard InChI is InChI=1S/C30H40F3N7O2S/c1-20-7-10-39(11-8-20)27-18-34-24(17-35-27)29(41)37-43-26(19-40-9-3-4-21(40)2)28(36-43)22-5-6-25(23(16-22)30(31,32)33)38-12-14-42-15-13-38/h5-6,16-18,20-21,36,43H,3-4,7-15,19H2,1-2H3,(H,37,41). The highest BCUT2D eigenvalue weighted by atomic mass is 32.2. The first-order valence-electron chi connectivity index (χ1n) is 15.1. The molecule has 2 atom stereocenters. The van der Waals surface area contributed by atoms with Crippen molar-refractivity contribution in [2.45, 2.75) is 51.7 Å². The number of ether oxygens (including phenoxy) is 1. The number of alkyl halides is 3. The molecule has 4 aliphatic heterocycles. The number of carbonyl (C=O) groups is 1. The molecule has 0 radical (unpaired) electrons. The van der Waals surface area contributed by atoms with Gasteiger partial charge in [0, 0.05) is 54.9 Å². The highest BCUT2D eigenvalue weighted by Gasteiger charge is 2.38. The van der Waals surface area contributed by atoms with Gasteiger partial charge in [-0.1, -0.05) is 24.3 Å². The third kappa shape index (κ3) is 6.58. The van der Waals surface area contributed by atoms with Crippen LogP contribution in [0.15, 0.2) is 35.5 Å². The van der Waals surface area contributed by atoms with Gasteiger partial charge in [-0.2, -0.15) is 13.2 Å². The van der Waals surface area contributed by atoms with Gasteiger partial charge in [-0.15, -0.1) is 0 Å². The van der Waals surface area contributed by atoms with E-state index in [2.05, 4.69) is 43.1 Å². The maximum Gasteiger partial charge on any atom is 0.418 e. The minimum atomic E-state index is -4.51. The molecular formula is C30H40F3N7O2S. The summed E-state index contributed by atoms with van der Waals surface area (Å²) in [7, 11) is 0. The molecule has 3 saturated heterocycles. The van der Waals surface area contributed by atoms with Crippen molar-refractivity contribution in [3.8, 4) is 0 Å². The van der Waals surface area contributed by atoms with Crippen LogP contribution in [0.3, 0.4) is 0 Å². The van der Waals surface area contributed by atoms with Crippen LogP contribution in [0.5, 0.6) is 0 Å². The predicted octanol–water partition coefficient (Wildman–Crippen LogP) is 4.59. The van der Waals surface area contributed by atoms with E-state index in [9.17, 15) is 18.0 Å². The van der Waals surface area contributed by atoms with Gasteiger partial charge in [0.05, 0.1) is 36.9 Å². The van der Waals surface area contributed by atoms with Crippen LogP contribution in [-0.2, 0) is 10.9 Å². The fourth-order valence-corrected chi connectivity index (χ4v) is 7.89. The number of hydrogen-bond acceptors (Lipinski definition) is 8. The second-order valence-electron chi connectivity index (χ2n) is 11.9. The van der Waals surface area contributed by atoms with Crippen molar-refractivity contribution in [1.29, 1.82) is 0 Å². The number of aromatic nitrogens is 2. The Morgan fingerprint density at radius 1 is 1.05 bits per heavy atom. The van der Waals surface area contributed by atoms with Crippen molar-refractivity contribution in [3.05, 3.63) is 52.3 Å². The monoisotopic (exact) mass is 619 g/mol. The van der Waals surface area contributed by atoms with Gasteiger partial charge in [0.15, 0.2) is 0 Å². The number of anilines is 2. The number of hydrogen-bond donors (Lipinski definition) is 3. The number of benzene rings is 1. The molecule has 234 valence electrons. The van der Waals surface area contributed by atoms with E-state index in [1.807, 2.05) is 0 Å². The molecule has 13 heteroatoms. The molecule has 2 unspecified atom stereocenters. The molecule has 1 aromatic carbocycles. The summed E-state index contributed by atoms with van der Waals surface area (Å²) in [5.74, 6) is 1.11. The van der Waals surface area contributed by atoms with Crippen LogP contribution < -0.4 is 19.2 Å². The van der Waals surface area contributed by atoms with Crippen molar-refractivity contribution in [1.82, 2.24) is 24.3 Å². The fourth-order valence-electron chi connectivity index (χ4n) is 6.20. The molecule has 1 aromatic heterocycles. The highest BCUT2D eigenvalue weighted by Crippen LogP contribution is 2.47. The van der Waals surface area contributed by atoms with Crippen LogP contribution in [0.4, 0.5) is 24.7 Å². The lowest BCUT2D eigenvalue weighted by molar-refractivity contribution is -0.137. The maximum atomic E-state index is 14.3. The van der Waals surface area contributed by atoms with Gasteiger partial charge in [0.25, 0.3) is 5.91 Å². The van der Waals surface area contributed by atoms with E-state index < -0.39 is 23.0 Å². The summed E-state index contributed by atoms with van der Waals surface area (Å²) in [5.41, 5.74) is 0.860. The molecule has 9 nitrogen and oxygen atoms in total. The molecule has 43 heavy (non-hydrogen) atoms. The van der Waals surface area contributed by atoms with Gasteiger partial charge >= 0.3 is 6.18 Å². The van der Waals surface area contributed by atoms with Gasteiger partial charge < -0.3 is 19.3 Å². The lowest BCUT2D eigenvalue weighted by Gasteiger charge is -2.42. The summed E-state index contributed by atoms with van der Waals surface area (Å²) in [6.07, 6.45) is 3.00. The smallest absolute Gasteiger partial charge is 0.378 e. The van der Waals surface area contributed by atoms with Gasteiger partial charge in [-0.05, 0) is 57.2 Å². The second-order valence-corrected chi connectivity index (χ2v) is 13.6. The van der Waals surface area contributed by atoms with E-state index >= 15 is 0 Å². The van der Waals surface area contributed by atoms with E-state index in [1.54, 1.807) is 23.2 Å². The summed E-state index contributed by atoms with van der Waals surface area (Å²) in [4.78, 5) is 29.3. The van der Waals surface area contributed by atoms with Crippen molar-refractivity contribution >= 4 is 34.4 Å². The minimum Gasteiger partial charge on any atom is -0.378 e. The first kappa shape index (κ1) is 30.0. The highest BCUT2D eigenvalue weighted by molar-refractivity contribution is 8.19. The number of rotatable bonds is 7. The van der Waals surface area contributed by atoms with Crippen molar-refractivity contribution < 1.29 is 22.7 Å². The molecule has 6 rings (SSSR count). The lowest BCUT2D eigenvalue weighted by Crippen LogP contribution is -2.41. The average Bonchev–Trinajstić information content (AvgIpc) is 3.42. The van der Waals surface area contributed by atoms with Crippen molar-refractivity contribution in [3.63, 3.8) is 0 Å². The Morgan fingerprint density at radius 2 is 1.81 bits per heavy atom. The molecule has 0 saturated carbocycles. The lowest BCUT2D eigenvalue weighted by atomic mass is 9.99. The summed E-state index contributed by atoms with van der Waals surface area (Å²) in [6.45, 7) is 9.40. The Labute approximate surface area is 253 Å². The first-order valence-corrected chi connectivity index (χ1v) is 16.5. The Bertz CT molecular complexity index is 1340. The summed E-state index contributed by atoms with van der Waals surface area (Å²) in [6, 6.07) is 4.91. The number of nitrogens with one attached hydrogen (secondary N) is 2. The molecule has 0 bridgehead atoms. The van der Waals surface area contributed by atoms with Gasteiger partial charge in [-0.3, -0.25) is 14.4 Å². The van der Waals surface area contributed by atoms with Crippen LogP contribution in [0, 0.1) is 5.92 Å². The van der Waals surface area contributed by atoms with Crippen LogP contribution in [0.1, 0.15) is 61.1 Å². The van der Waals surface area contributed by atoms with Crippen molar-refractivity contribution in [2.75, 3.05) is 62.3 Å². The van der Waals surface area contributed by atoms with E-state index in [4.69, 9.17) is 4.74 Å². The van der Waals surface area contributed by atoms with Gasteiger partial charge in [-0.25, -0.2) is 9.97 Å². The topological polar surface area (TPSA) is 85.9 Å². The van der Waals surface area contributed by atoms with Gasteiger partial charge in [0.2, 0.25) is 0 Å². The number of likely N-dealkylation sites (tertiary alicyclic amines) is 1. The molecule has 3 fully saturated rings. The second kappa shape index (κ2) is 12.5. The molecule has 0 spiro atoms. The first-order chi connectivity index (χ1) is 20.7. The Morgan fingerprint density at radius 3 is 2.47 bits per heavy atom. The van der Waals surface area contributed by atoms with Crippen LogP contribution in [0.2, 0.25) is 0 Å².